The molecule has 0 bridgehead atoms. The number of nitrogens with two attached hydrogens (primary N) is 1. The lowest BCUT2D eigenvalue weighted by atomic mass is 10.0. The molecule has 3 nitrogen and oxygen atoms in total. The minimum absolute atomic E-state index is 0.583. The second-order valence-corrected chi connectivity index (χ2v) is 4.09. The molecular weight excluding hydrogens is 198 g/mol. The zero-order valence-corrected chi connectivity index (χ0v) is 9.77. The summed E-state index contributed by atoms with van der Waals surface area (Å²) in [6.45, 7) is 2.15. The minimum atomic E-state index is 0.583. The van der Waals surface area contributed by atoms with Crippen LogP contribution in [0.1, 0.15) is 16.8 Å². The lowest BCUT2D eigenvalue weighted by Crippen LogP contribution is -2.03. The summed E-state index contributed by atoms with van der Waals surface area (Å²) in [5.41, 5.74) is 9.61. The van der Waals surface area contributed by atoms with E-state index >= 15 is 0 Å². The standard InChI is InChI=1S/C13H17N3/c1-10-5-3-4-6-11(10)7-8-12-9-15-13(14)16(12)2/h3-6,9H,7-8H2,1-2H3,(H2,14,15). The maximum atomic E-state index is 5.69. The number of rotatable bonds is 3. The third-order valence-corrected chi connectivity index (χ3v) is 3.03. The van der Waals surface area contributed by atoms with E-state index in [0.717, 1.165) is 12.8 Å². The van der Waals surface area contributed by atoms with Gasteiger partial charge in [-0.1, -0.05) is 24.3 Å². The topological polar surface area (TPSA) is 43.8 Å². The Hall–Kier alpha value is -1.77. The zero-order valence-electron chi connectivity index (χ0n) is 9.77. The second-order valence-electron chi connectivity index (χ2n) is 4.09. The molecular formula is C13H17N3. The SMILES string of the molecule is Cc1ccccc1CCc1cnc(N)n1C. The van der Waals surface area contributed by atoms with E-state index in [4.69, 9.17) is 5.73 Å². The number of nitrogen functional groups attached to an aromatic ring is 1. The Morgan fingerprint density at radius 1 is 1.25 bits per heavy atom. The van der Waals surface area contributed by atoms with Crippen molar-refractivity contribution in [1.29, 1.82) is 0 Å². The Bertz CT molecular complexity index is 486. The van der Waals surface area contributed by atoms with Gasteiger partial charge in [0.2, 0.25) is 0 Å². The summed E-state index contributed by atoms with van der Waals surface area (Å²) < 4.78 is 1.94. The van der Waals surface area contributed by atoms with Crippen LogP contribution < -0.4 is 5.73 Å². The quantitative estimate of drug-likeness (QED) is 0.852. The van der Waals surface area contributed by atoms with E-state index in [1.165, 1.54) is 16.8 Å². The first-order chi connectivity index (χ1) is 7.68. The van der Waals surface area contributed by atoms with Crippen molar-refractivity contribution < 1.29 is 0 Å². The fraction of sp³-hybridized carbons (Fsp3) is 0.308. The van der Waals surface area contributed by atoms with Gasteiger partial charge in [0, 0.05) is 12.7 Å². The summed E-state index contributed by atoms with van der Waals surface area (Å²) in [6, 6.07) is 8.48. The number of aryl methyl sites for hydroxylation is 3. The van der Waals surface area contributed by atoms with Gasteiger partial charge in [-0.05, 0) is 30.9 Å². The number of hydrogen-bond donors (Lipinski definition) is 1. The molecule has 1 aromatic carbocycles. The predicted molar refractivity (Wildman–Crippen MR) is 66.2 cm³/mol. The molecule has 2 N–H and O–H groups in total. The van der Waals surface area contributed by atoms with Crippen LogP contribution in [0.4, 0.5) is 5.95 Å². The highest BCUT2D eigenvalue weighted by Crippen LogP contribution is 2.12. The molecule has 0 spiro atoms. The van der Waals surface area contributed by atoms with Crippen molar-refractivity contribution in [2.24, 2.45) is 7.05 Å². The predicted octanol–water partition coefficient (Wildman–Crippen LogP) is 2.10. The summed E-state index contributed by atoms with van der Waals surface area (Å²) >= 11 is 0. The van der Waals surface area contributed by atoms with Gasteiger partial charge in [-0.3, -0.25) is 0 Å². The molecule has 0 saturated carbocycles. The highest BCUT2D eigenvalue weighted by molar-refractivity contribution is 5.27. The summed E-state index contributed by atoms with van der Waals surface area (Å²) in [5, 5.41) is 0. The Morgan fingerprint density at radius 2 is 2.00 bits per heavy atom. The molecule has 16 heavy (non-hydrogen) atoms. The van der Waals surface area contributed by atoms with E-state index in [-0.39, 0.29) is 0 Å². The van der Waals surface area contributed by atoms with Crippen LogP contribution in [0.15, 0.2) is 30.5 Å². The lowest BCUT2D eigenvalue weighted by molar-refractivity contribution is 0.805. The van der Waals surface area contributed by atoms with E-state index in [0.29, 0.717) is 5.95 Å². The molecule has 0 fully saturated rings. The van der Waals surface area contributed by atoms with Gasteiger partial charge in [-0.2, -0.15) is 0 Å². The van der Waals surface area contributed by atoms with E-state index in [9.17, 15) is 0 Å². The van der Waals surface area contributed by atoms with Gasteiger partial charge in [-0.15, -0.1) is 0 Å². The van der Waals surface area contributed by atoms with Crippen molar-refractivity contribution >= 4 is 5.95 Å². The first-order valence-electron chi connectivity index (χ1n) is 5.49. The number of benzene rings is 1. The van der Waals surface area contributed by atoms with Crippen LogP contribution in [0.3, 0.4) is 0 Å². The number of imidazole rings is 1. The van der Waals surface area contributed by atoms with E-state index < -0.39 is 0 Å². The molecule has 1 aromatic heterocycles. The zero-order chi connectivity index (χ0) is 11.5. The van der Waals surface area contributed by atoms with Crippen molar-refractivity contribution in [3.05, 3.63) is 47.3 Å². The second kappa shape index (κ2) is 4.39. The van der Waals surface area contributed by atoms with Gasteiger partial charge in [0.05, 0.1) is 6.20 Å². The molecule has 3 heteroatoms. The molecule has 2 rings (SSSR count). The van der Waals surface area contributed by atoms with Crippen LogP contribution in [0.25, 0.3) is 0 Å². The Labute approximate surface area is 95.9 Å². The average molecular weight is 215 g/mol. The van der Waals surface area contributed by atoms with Crippen LogP contribution >= 0.6 is 0 Å². The van der Waals surface area contributed by atoms with Crippen molar-refractivity contribution in [3.8, 4) is 0 Å². The number of anilines is 1. The van der Waals surface area contributed by atoms with Gasteiger partial charge in [-0.25, -0.2) is 4.98 Å². The van der Waals surface area contributed by atoms with Crippen molar-refractivity contribution in [2.45, 2.75) is 19.8 Å². The number of nitrogens with zero attached hydrogens (tertiary/aromatic N) is 2. The minimum Gasteiger partial charge on any atom is -0.369 e. The Morgan fingerprint density at radius 3 is 2.62 bits per heavy atom. The van der Waals surface area contributed by atoms with Crippen LogP contribution in [-0.4, -0.2) is 9.55 Å². The summed E-state index contributed by atoms with van der Waals surface area (Å²) in [7, 11) is 1.95. The maximum Gasteiger partial charge on any atom is 0.200 e. The van der Waals surface area contributed by atoms with Gasteiger partial charge >= 0.3 is 0 Å². The third kappa shape index (κ3) is 2.08. The molecule has 0 atom stereocenters. The normalized spacial score (nSPS) is 10.6. The van der Waals surface area contributed by atoms with Crippen molar-refractivity contribution in [1.82, 2.24) is 9.55 Å². The smallest absolute Gasteiger partial charge is 0.200 e. The van der Waals surface area contributed by atoms with Crippen molar-refractivity contribution in [3.63, 3.8) is 0 Å². The van der Waals surface area contributed by atoms with Gasteiger partial charge in [0.25, 0.3) is 0 Å². The van der Waals surface area contributed by atoms with Crippen molar-refractivity contribution in [2.75, 3.05) is 5.73 Å². The largest absolute Gasteiger partial charge is 0.369 e. The Balaban J connectivity index is 2.08. The Kier molecular flexibility index (Phi) is 2.95. The molecule has 0 amide bonds. The molecule has 0 aliphatic heterocycles. The van der Waals surface area contributed by atoms with Gasteiger partial charge in [0.15, 0.2) is 5.95 Å². The fourth-order valence-corrected chi connectivity index (χ4v) is 1.85. The average Bonchev–Trinajstić information content (AvgIpc) is 2.59. The number of hydrogen-bond acceptors (Lipinski definition) is 2. The highest BCUT2D eigenvalue weighted by atomic mass is 15.1. The molecule has 1 heterocycles. The van der Waals surface area contributed by atoms with Crippen LogP contribution in [-0.2, 0) is 19.9 Å². The molecule has 0 saturated heterocycles. The molecule has 0 aliphatic rings. The van der Waals surface area contributed by atoms with Crippen LogP contribution in [0.2, 0.25) is 0 Å². The number of aromatic nitrogens is 2. The maximum absolute atomic E-state index is 5.69. The van der Waals surface area contributed by atoms with E-state index in [1.54, 1.807) is 0 Å². The first kappa shape index (κ1) is 10.7. The van der Waals surface area contributed by atoms with Gasteiger partial charge < -0.3 is 10.3 Å². The lowest BCUT2D eigenvalue weighted by Gasteiger charge is -2.06. The third-order valence-electron chi connectivity index (χ3n) is 3.03. The van der Waals surface area contributed by atoms with Crippen LogP contribution in [0, 0.1) is 6.92 Å². The van der Waals surface area contributed by atoms with Crippen LogP contribution in [0.5, 0.6) is 0 Å². The molecule has 0 radical (unpaired) electrons. The summed E-state index contributed by atoms with van der Waals surface area (Å²) in [5.74, 6) is 0.583. The summed E-state index contributed by atoms with van der Waals surface area (Å²) in [4.78, 5) is 4.09. The monoisotopic (exact) mass is 215 g/mol. The molecule has 84 valence electrons. The molecule has 0 aliphatic carbocycles. The molecule has 2 aromatic rings. The summed E-state index contributed by atoms with van der Waals surface area (Å²) in [6.07, 6.45) is 3.87. The van der Waals surface area contributed by atoms with E-state index in [1.807, 2.05) is 17.8 Å². The van der Waals surface area contributed by atoms with E-state index in [2.05, 4.69) is 36.2 Å². The molecule has 0 unspecified atom stereocenters. The first-order valence-corrected chi connectivity index (χ1v) is 5.49. The fourth-order valence-electron chi connectivity index (χ4n) is 1.85. The van der Waals surface area contributed by atoms with Gasteiger partial charge in [0.1, 0.15) is 0 Å². The highest BCUT2D eigenvalue weighted by Gasteiger charge is 2.04.